The van der Waals surface area contributed by atoms with E-state index >= 15 is 0 Å². The summed E-state index contributed by atoms with van der Waals surface area (Å²) >= 11 is 0. The number of ether oxygens (including phenoxy) is 2. The summed E-state index contributed by atoms with van der Waals surface area (Å²) in [7, 11) is 0. The maximum absolute atomic E-state index is 11.9. The van der Waals surface area contributed by atoms with Crippen LogP contribution in [0.3, 0.4) is 0 Å². The predicted molar refractivity (Wildman–Crippen MR) is 95.8 cm³/mol. The van der Waals surface area contributed by atoms with Crippen molar-refractivity contribution in [1.82, 2.24) is 10.2 Å². The molecule has 1 N–H and O–H groups in total. The van der Waals surface area contributed by atoms with Crippen LogP contribution in [-0.4, -0.2) is 43.2 Å². The smallest absolute Gasteiger partial charge is 0.220 e. The summed E-state index contributed by atoms with van der Waals surface area (Å²) in [5, 5.41) is 3.10. The molecule has 0 aromatic heterocycles. The highest BCUT2D eigenvalue weighted by Gasteiger charge is 2.25. The van der Waals surface area contributed by atoms with E-state index in [-0.39, 0.29) is 5.91 Å². The van der Waals surface area contributed by atoms with Crippen LogP contribution in [0, 0.1) is 5.92 Å². The van der Waals surface area contributed by atoms with Crippen molar-refractivity contribution in [3.8, 4) is 11.5 Å². The number of likely N-dealkylation sites (tertiary alicyclic amines) is 1. The molecule has 5 heteroatoms. The van der Waals surface area contributed by atoms with Gasteiger partial charge in [-0.2, -0.15) is 0 Å². The summed E-state index contributed by atoms with van der Waals surface area (Å²) in [4.78, 5) is 14.4. The van der Waals surface area contributed by atoms with Gasteiger partial charge in [0.2, 0.25) is 5.91 Å². The standard InChI is InChI=1S/C20H28N2O3/c23-20(21-17-5-6-17)8-4-15-2-1-9-22(13-15)14-16-3-7-18-19(12-16)25-11-10-24-18/h3,7,12,15,17H,1-2,4-6,8-11,13-14H2,(H,21,23). The van der Waals surface area contributed by atoms with Gasteiger partial charge >= 0.3 is 0 Å². The lowest BCUT2D eigenvalue weighted by atomic mass is 9.93. The number of piperidine rings is 1. The Kier molecular flexibility index (Phi) is 5.11. The van der Waals surface area contributed by atoms with Crippen molar-refractivity contribution in [2.45, 2.75) is 51.1 Å². The molecule has 2 fully saturated rings. The second-order valence-corrected chi connectivity index (χ2v) is 7.60. The molecule has 1 amide bonds. The van der Waals surface area contributed by atoms with E-state index in [4.69, 9.17) is 9.47 Å². The van der Waals surface area contributed by atoms with Gasteiger partial charge in [-0.15, -0.1) is 0 Å². The summed E-state index contributed by atoms with van der Waals surface area (Å²) < 4.78 is 11.3. The number of hydrogen-bond donors (Lipinski definition) is 1. The van der Waals surface area contributed by atoms with Gasteiger partial charge in [0.1, 0.15) is 13.2 Å². The van der Waals surface area contributed by atoms with E-state index in [0.717, 1.165) is 37.6 Å². The van der Waals surface area contributed by atoms with Crippen molar-refractivity contribution in [3.05, 3.63) is 23.8 Å². The van der Waals surface area contributed by atoms with Gasteiger partial charge in [-0.25, -0.2) is 0 Å². The van der Waals surface area contributed by atoms with E-state index in [9.17, 15) is 4.79 Å². The van der Waals surface area contributed by atoms with Gasteiger partial charge in [-0.3, -0.25) is 9.69 Å². The first kappa shape index (κ1) is 16.7. The van der Waals surface area contributed by atoms with Crippen LogP contribution >= 0.6 is 0 Å². The average molecular weight is 344 g/mol. The van der Waals surface area contributed by atoms with E-state index in [1.54, 1.807) is 0 Å². The number of nitrogens with one attached hydrogen (secondary N) is 1. The fourth-order valence-electron chi connectivity index (χ4n) is 3.84. The topological polar surface area (TPSA) is 50.8 Å². The highest BCUT2D eigenvalue weighted by Crippen LogP contribution is 2.32. The second kappa shape index (κ2) is 7.65. The number of fused-ring (bicyclic) bond motifs is 1. The highest BCUT2D eigenvalue weighted by atomic mass is 16.6. The van der Waals surface area contributed by atoms with Crippen LogP contribution < -0.4 is 14.8 Å². The van der Waals surface area contributed by atoms with E-state index < -0.39 is 0 Å². The Morgan fingerprint density at radius 2 is 2.00 bits per heavy atom. The third-order valence-electron chi connectivity index (χ3n) is 5.34. The highest BCUT2D eigenvalue weighted by molar-refractivity contribution is 5.76. The van der Waals surface area contributed by atoms with Gasteiger partial charge in [0.05, 0.1) is 0 Å². The number of rotatable bonds is 6. The van der Waals surface area contributed by atoms with E-state index in [2.05, 4.69) is 22.3 Å². The SMILES string of the molecule is O=C(CCC1CCCN(Cc2ccc3c(c2)OCCO3)C1)NC1CC1. The van der Waals surface area contributed by atoms with E-state index in [0.29, 0.717) is 31.6 Å². The van der Waals surface area contributed by atoms with Gasteiger partial charge in [0, 0.05) is 25.6 Å². The molecule has 1 aromatic carbocycles. The Bertz CT molecular complexity index is 615. The zero-order valence-corrected chi connectivity index (χ0v) is 14.8. The van der Waals surface area contributed by atoms with Crippen molar-refractivity contribution < 1.29 is 14.3 Å². The van der Waals surface area contributed by atoms with Crippen LogP contribution in [-0.2, 0) is 11.3 Å². The molecule has 1 saturated carbocycles. The average Bonchev–Trinajstić information content (AvgIpc) is 3.44. The van der Waals surface area contributed by atoms with Crippen molar-refractivity contribution in [3.63, 3.8) is 0 Å². The first-order valence-electron chi connectivity index (χ1n) is 9.66. The third-order valence-corrected chi connectivity index (χ3v) is 5.34. The van der Waals surface area contributed by atoms with Crippen LogP contribution in [0.25, 0.3) is 0 Å². The molecule has 1 atom stereocenters. The van der Waals surface area contributed by atoms with Gasteiger partial charge < -0.3 is 14.8 Å². The number of benzene rings is 1. The Hall–Kier alpha value is -1.75. The monoisotopic (exact) mass is 344 g/mol. The summed E-state index contributed by atoms with van der Waals surface area (Å²) in [6, 6.07) is 6.75. The largest absolute Gasteiger partial charge is 0.486 e. The molecule has 2 heterocycles. The lowest BCUT2D eigenvalue weighted by molar-refractivity contribution is -0.121. The Balaban J connectivity index is 1.26. The minimum atomic E-state index is 0.242. The van der Waals surface area contributed by atoms with Crippen LogP contribution in [0.2, 0.25) is 0 Å². The summed E-state index contributed by atoms with van der Waals surface area (Å²) in [6.07, 6.45) is 6.49. The number of hydrogen-bond acceptors (Lipinski definition) is 4. The molecule has 0 bridgehead atoms. The predicted octanol–water partition coefficient (Wildman–Crippen LogP) is 2.73. The first-order valence-corrected chi connectivity index (χ1v) is 9.66. The van der Waals surface area contributed by atoms with Gasteiger partial charge in [-0.1, -0.05) is 6.07 Å². The molecule has 25 heavy (non-hydrogen) atoms. The van der Waals surface area contributed by atoms with Crippen molar-refractivity contribution in [2.75, 3.05) is 26.3 Å². The molecule has 136 valence electrons. The molecular formula is C20H28N2O3. The third kappa shape index (κ3) is 4.66. The summed E-state index contributed by atoms with van der Waals surface area (Å²) in [5.74, 6) is 2.60. The van der Waals surface area contributed by atoms with Crippen molar-refractivity contribution >= 4 is 5.91 Å². The van der Waals surface area contributed by atoms with Crippen LogP contribution in [0.4, 0.5) is 0 Å². The van der Waals surface area contributed by atoms with E-state index in [1.807, 2.05) is 6.07 Å². The minimum absolute atomic E-state index is 0.242. The summed E-state index contributed by atoms with van der Waals surface area (Å²) in [5.41, 5.74) is 1.27. The molecule has 1 aliphatic carbocycles. The molecular weight excluding hydrogens is 316 g/mol. The lowest BCUT2D eigenvalue weighted by Crippen LogP contribution is -2.35. The van der Waals surface area contributed by atoms with E-state index in [1.165, 1.54) is 31.2 Å². The van der Waals surface area contributed by atoms with Gasteiger partial charge in [0.25, 0.3) is 0 Å². The normalized spacial score (nSPS) is 23.3. The number of nitrogens with zero attached hydrogens (tertiary/aromatic N) is 1. The second-order valence-electron chi connectivity index (χ2n) is 7.60. The quantitative estimate of drug-likeness (QED) is 0.862. The molecule has 5 nitrogen and oxygen atoms in total. The Labute approximate surface area is 149 Å². The molecule has 3 aliphatic rings. The van der Waals surface area contributed by atoms with Crippen LogP contribution in [0.15, 0.2) is 18.2 Å². The fraction of sp³-hybridized carbons (Fsp3) is 0.650. The lowest BCUT2D eigenvalue weighted by Gasteiger charge is -2.33. The maximum atomic E-state index is 11.9. The first-order chi connectivity index (χ1) is 12.3. The van der Waals surface area contributed by atoms with Crippen LogP contribution in [0.5, 0.6) is 11.5 Å². The molecule has 1 unspecified atom stereocenters. The van der Waals surface area contributed by atoms with Crippen LogP contribution in [0.1, 0.15) is 44.1 Å². The number of carbonyl (C=O) groups is 1. The Morgan fingerprint density at radius 1 is 1.16 bits per heavy atom. The molecule has 1 saturated heterocycles. The van der Waals surface area contributed by atoms with Crippen molar-refractivity contribution in [2.24, 2.45) is 5.92 Å². The molecule has 4 rings (SSSR count). The molecule has 0 spiro atoms. The van der Waals surface area contributed by atoms with Crippen molar-refractivity contribution in [1.29, 1.82) is 0 Å². The van der Waals surface area contributed by atoms with Gasteiger partial charge in [0.15, 0.2) is 11.5 Å². The maximum Gasteiger partial charge on any atom is 0.220 e. The Morgan fingerprint density at radius 3 is 2.84 bits per heavy atom. The molecule has 1 aromatic rings. The molecule has 0 radical (unpaired) electrons. The zero-order valence-electron chi connectivity index (χ0n) is 14.8. The summed E-state index contributed by atoms with van der Waals surface area (Å²) in [6.45, 7) is 4.44. The number of amides is 1. The number of carbonyl (C=O) groups excluding carboxylic acids is 1. The molecule has 2 aliphatic heterocycles. The van der Waals surface area contributed by atoms with Gasteiger partial charge in [-0.05, 0) is 62.3 Å². The fourth-order valence-corrected chi connectivity index (χ4v) is 3.84. The zero-order chi connectivity index (χ0) is 17.1. The minimum Gasteiger partial charge on any atom is -0.486 e.